The number of hydrogen-bond acceptors (Lipinski definition) is 2. The molecule has 0 aliphatic heterocycles. The van der Waals surface area contributed by atoms with Crippen molar-refractivity contribution in [1.82, 2.24) is 9.97 Å². The average molecular weight is 348 g/mol. The van der Waals surface area contributed by atoms with Gasteiger partial charge in [-0.15, -0.1) is 0 Å². The van der Waals surface area contributed by atoms with E-state index in [1.54, 1.807) is 0 Å². The highest BCUT2D eigenvalue weighted by Gasteiger charge is 2.12. The summed E-state index contributed by atoms with van der Waals surface area (Å²) in [5, 5.41) is 2.33. The second kappa shape index (κ2) is 6.22. The minimum atomic E-state index is 0.0128. The SMILES string of the molecule is O=C(c1ccccc1)c1ccc2nc(-c3cccc4ccccc34)[nH]c2c1. The third-order valence-electron chi connectivity index (χ3n) is 4.82. The van der Waals surface area contributed by atoms with Crippen LogP contribution in [0.1, 0.15) is 15.9 Å². The molecule has 5 rings (SSSR count). The van der Waals surface area contributed by atoms with Crippen LogP contribution in [0.4, 0.5) is 0 Å². The number of carbonyl (C=O) groups is 1. The first-order valence-corrected chi connectivity index (χ1v) is 8.87. The molecule has 4 aromatic carbocycles. The number of aromatic amines is 1. The number of hydrogen-bond donors (Lipinski definition) is 1. The fourth-order valence-electron chi connectivity index (χ4n) is 3.47. The van der Waals surface area contributed by atoms with E-state index in [-0.39, 0.29) is 5.78 Å². The summed E-state index contributed by atoms with van der Waals surface area (Å²) in [5.41, 5.74) is 4.11. The Bertz CT molecular complexity index is 1280. The van der Waals surface area contributed by atoms with Crippen LogP contribution < -0.4 is 0 Å². The summed E-state index contributed by atoms with van der Waals surface area (Å²) in [6.07, 6.45) is 0. The summed E-state index contributed by atoms with van der Waals surface area (Å²) in [6, 6.07) is 29.4. The number of imidazole rings is 1. The third kappa shape index (κ3) is 2.70. The van der Waals surface area contributed by atoms with Crippen LogP contribution in [-0.4, -0.2) is 15.8 Å². The average Bonchev–Trinajstić information content (AvgIpc) is 3.16. The van der Waals surface area contributed by atoms with Gasteiger partial charge >= 0.3 is 0 Å². The van der Waals surface area contributed by atoms with E-state index in [0.717, 1.165) is 27.8 Å². The summed E-state index contributed by atoms with van der Waals surface area (Å²) < 4.78 is 0. The second-order valence-corrected chi connectivity index (χ2v) is 6.54. The molecule has 0 spiro atoms. The van der Waals surface area contributed by atoms with Gasteiger partial charge in [-0.25, -0.2) is 4.98 Å². The summed E-state index contributed by atoms with van der Waals surface area (Å²) in [6.45, 7) is 0. The maximum Gasteiger partial charge on any atom is 0.193 e. The number of rotatable bonds is 3. The smallest absolute Gasteiger partial charge is 0.193 e. The van der Waals surface area contributed by atoms with Crippen LogP contribution in [0.15, 0.2) is 91.0 Å². The van der Waals surface area contributed by atoms with Gasteiger partial charge < -0.3 is 4.98 Å². The number of aromatic nitrogens is 2. The molecule has 5 aromatic rings. The number of fused-ring (bicyclic) bond motifs is 2. The van der Waals surface area contributed by atoms with Crippen molar-refractivity contribution in [2.75, 3.05) is 0 Å². The lowest BCUT2D eigenvalue weighted by atomic mass is 10.0. The highest BCUT2D eigenvalue weighted by atomic mass is 16.1. The Labute approximate surface area is 156 Å². The van der Waals surface area contributed by atoms with Gasteiger partial charge in [0.05, 0.1) is 11.0 Å². The van der Waals surface area contributed by atoms with E-state index in [1.807, 2.05) is 66.7 Å². The topological polar surface area (TPSA) is 45.8 Å². The zero-order valence-electron chi connectivity index (χ0n) is 14.5. The van der Waals surface area contributed by atoms with Crippen molar-refractivity contribution in [3.05, 3.63) is 102 Å². The molecule has 0 aliphatic rings. The molecule has 0 saturated carbocycles. The van der Waals surface area contributed by atoms with Gasteiger partial charge in [0.25, 0.3) is 0 Å². The lowest BCUT2D eigenvalue weighted by Gasteiger charge is -2.03. The largest absolute Gasteiger partial charge is 0.338 e. The van der Waals surface area contributed by atoms with Crippen molar-refractivity contribution >= 4 is 27.6 Å². The number of nitrogens with zero attached hydrogens (tertiary/aromatic N) is 1. The van der Waals surface area contributed by atoms with E-state index in [2.05, 4.69) is 29.2 Å². The first-order chi connectivity index (χ1) is 13.3. The lowest BCUT2D eigenvalue weighted by Crippen LogP contribution is -2.00. The Hall–Kier alpha value is -3.72. The van der Waals surface area contributed by atoms with E-state index < -0.39 is 0 Å². The van der Waals surface area contributed by atoms with Gasteiger partial charge in [0.15, 0.2) is 5.78 Å². The number of benzene rings is 4. The molecule has 128 valence electrons. The Balaban J connectivity index is 1.61. The van der Waals surface area contributed by atoms with Gasteiger partial charge in [0, 0.05) is 16.7 Å². The van der Waals surface area contributed by atoms with Crippen LogP contribution in [0.2, 0.25) is 0 Å². The van der Waals surface area contributed by atoms with Gasteiger partial charge in [-0.05, 0) is 29.0 Å². The van der Waals surface area contributed by atoms with Crippen molar-refractivity contribution < 1.29 is 4.79 Å². The zero-order chi connectivity index (χ0) is 18.2. The summed E-state index contributed by atoms with van der Waals surface area (Å²) >= 11 is 0. The van der Waals surface area contributed by atoms with Crippen molar-refractivity contribution in [2.24, 2.45) is 0 Å². The Morgan fingerprint density at radius 3 is 2.41 bits per heavy atom. The van der Waals surface area contributed by atoms with Gasteiger partial charge in [-0.1, -0.05) is 72.8 Å². The Morgan fingerprint density at radius 2 is 1.52 bits per heavy atom. The Morgan fingerprint density at radius 1 is 0.741 bits per heavy atom. The molecule has 0 bridgehead atoms. The molecule has 0 saturated heterocycles. The number of nitrogens with one attached hydrogen (secondary N) is 1. The number of carbonyl (C=O) groups excluding carboxylic acids is 1. The van der Waals surface area contributed by atoms with Crippen LogP contribution in [0, 0.1) is 0 Å². The van der Waals surface area contributed by atoms with E-state index in [4.69, 9.17) is 4.98 Å². The molecule has 0 unspecified atom stereocenters. The molecule has 3 heteroatoms. The third-order valence-corrected chi connectivity index (χ3v) is 4.82. The van der Waals surface area contributed by atoms with Crippen LogP contribution in [0.25, 0.3) is 33.2 Å². The van der Waals surface area contributed by atoms with Crippen molar-refractivity contribution in [3.63, 3.8) is 0 Å². The molecular formula is C24H16N2O. The van der Waals surface area contributed by atoms with E-state index in [1.165, 1.54) is 5.39 Å². The quantitative estimate of drug-likeness (QED) is 0.431. The Kier molecular flexibility index (Phi) is 3.58. The molecule has 1 aromatic heterocycles. The van der Waals surface area contributed by atoms with Crippen molar-refractivity contribution in [1.29, 1.82) is 0 Å². The number of H-pyrrole nitrogens is 1. The van der Waals surface area contributed by atoms with E-state index >= 15 is 0 Å². The predicted molar refractivity (Wildman–Crippen MR) is 109 cm³/mol. The molecule has 0 aliphatic carbocycles. The van der Waals surface area contributed by atoms with E-state index in [0.29, 0.717) is 11.1 Å². The fraction of sp³-hybridized carbons (Fsp3) is 0. The van der Waals surface area contributed by atoms with Gasteiger partial charge in [-0.3, -0.25) is 4.79 Å². The fourth-order valence-corrected chi connectivity index (χ4v) is 3.47. The maximum absolute atomic E-state index is 12.7. The summed E-state index contributed by atoms with van der Waals surface area (Å²) in [7, 11) is 0. The van der Waals surface area contributed by atoms with Gasteiger partial charge in [0.2, 0.25) is 0 Å². The van der Waals surface area contributed by atoms with Gasteiger partial charge in [-0.2, -0.15) is 0 Å². The molecule has 0 amide bonds. The van der Waals surface area contributed by atoms with Crippen LogP contribution in [-0.2, 0) is 0 Å². The molecular weight excluding hydrogens is 332 g/mol. The van der Waals surface area contributed by atoms with Crippen molar-refractivity contribution in [2.45, 2.75) is 0 Å². The monoisotopic (exact) mass is 348 g/mol. The van der Waals surface area contributed by atoms with Crippen LogP contribution in [0.5, 0.6) is 0 Å². The van der Waals surface area contributed by atoms with Crippen LogP contribution in [0.3, 0.4) is 0 Å². The lowest BCUT2D eigenvalue weighted by molar-refractivity contribution is 0.103. The minimum absolute atomic E-state index is 0.0128. The maximum atomic E-state index is 12.7. The first kappa shape index (κ1) is 15.5. The molecule has 1 N–H and O–H groups in total. The molecule has 3 nitrogen and oxygen atoms in total. The standard InChI is InChI=1S/C24H16N2O/c27-23(17-8-2-1-3-9-17)18-13-14-21-22(15-18)26-24(25-21)20-12-6-10-16-7-4-5-11-19(16)20/h1-15H,(H,25,26). The van der Waals surface area contributed by atoms with Gasteiger partial charge in [0.1, 0.15) is 5.82 Å². The van der Waals surface area contributed by atoms with Crippen LogP contribution >= 0.6 is 0 Å². The molecule has 27 heavy (non-hydrogen) atoms. The highest BCUT2D eigenvalue weighted by Crippen LogP contribution is 2.28. The molecule has 0 radical (unpaired) electrons. The minimum Gasteiger partial charge on any atom is -0.338 e. The summed E-state index contributed by atoms with van der Waals surface area (Å²) in [4.78, 5) is 20.8. The number of ketones is 1. The summed E-state index contributed by atoms with van der Waals surface area (Å²) in [5.74, 6) is 0.824. The first-order valence-electron chi connectivity index (χ1n) is 8.87. The molecule has 1 heterocycles. The predicted octanol–water partition coefficient (Wildman–Crippen LogP) is 5.61. The zero-order valence-corrected chi connectivity index (χ0v) is 14.5. The molecule has 0 atom stereocenters. The normalized spacial score (nSPS) is 11.1. The van der Waals surface area contributed by atoms with Crippen molar-refractivity contribution in [3.8, 4) is 11.4 Å². The molecule has 0 fully saturated rings. The highest BCUT2D eigenvalue weighted by molar-refractivity contribution is 6.10. The van der Waals surface area contributed by atoms with E-state index in [9.17, 15) is 4.79 Å². The second-order valence-electron chi connectivity index (χ2n) is 6.54.